The van der Waals surface area contributed by atoms with E-state index in [2.05, 4.69) is 26.5 Å². The number of rotatable bonds is 7. The lowest BCUT2D eigenvalue weighted by atomic mass is 9.98. The van der Waals surface area contributed by atoms with Crippen LogP contribution < -0.4 is 4.74 Å². The topological polar surface area (TPSA) is 96.9 Å². The number of hydrogen-bond acceptors (Lipinski definition) is 7. The van der Waals surface area contributed by atoms with Gasteiger partial charge in [-0.3, -0.25) is 4.79 Å². The summed E-state index contributed by atoms with van der Waals surface area (Å²) in [6, 6.07) is 27.5. The Balaban J connectivity index is 1.07. The molecule has 1 amide bonds. The van der Waals surface area contributed by atoms with Crippen LogP contribution in [0.1, 0.15) is 47.2 Å². The van der Waals surface area contributed by atoms with E-state index < -0.39 is 0 Å². The molecular weight excluding hydrogens is 496 g/mol. The summed E-state index contributed by atoms with van der Waals surface area (Å²) < 4.78 is 7.94. The van der Waals surface area contributed by atoms with Crippen LogP contribution in [0.3, 0.4) is 0 Å². The van der Waals surface area contributed by atoms with Crippen molar-refractivity contribution in [2.24, 2.45) is 0 Å². The summed E-state index contributed by atoms with van der Waals surface area (Å²) in [5.41, 5.74) is 3.32. The van der Waals surface area contributed by atoms with Crippen molar-refractivity contribution in [1.82, 2.24) is 25.1 Å². The van der Waals surface area contributed by atoms with Gasteiger partial charge in [-0.25, -0.2) is 0 Å². The van der Waals surface area contributed by atoms with Crippen LogP contribution in [0.25, 0.3) is 5.69 Å². The number of nitriles is 1. The van der Waals surface area contributed by atoms with Crippen LogP contribution in [0, 0.1) is 11.3 Å². The van der Waals surface area contributed by atoms with Gasteiger partial charge in [0.1, 0.15) is 11.9 Å². The average molecular weight is 523 g/mol. The lowest BCUT2D eigenvalue weighted by Gasteiger charge is -2.39. The van der Waals surface area contributed by atoms with Gasteiger partial charge in [0.05, 0.1) is 17.3 Å². The van der Waals surface area contributed by atoms with Crippen molar-refractivity contribution in [3.05, 3.63) is 95.6 Å². The molecule has 2 atom stereocenters. The molecule has 9 heteroatoms. The van der Waals surface area contributed by atoms with Gasteiger partial charge in [0, 0.05) is 36.2 Å². The Bertz CT molecular complexity index is 1450. The van der Waals surface area contributed by atoms with Crippen LogP contribution in [0.2, 0.25) is 0 Å². The largest absolute Gasteiger partial charge is 0.490 e. The highest BCUT2D eigenvalue weighted by atomic mass is 32.2. The van der Waals surface area contributed by atoms with E-state index in [1.54, 1.807) is 28.6 Å². The number of benzene rings is 3. The Morgan fingerprint density at radius 2 is 1.76 bits per heavy atom. The zero-order chi connectivity index (χ0) is 25.9. The van der Waals surface area contributed by atoms with Gasteiger partial charge >= 0.3 is 0 Å². The van der Waals surface area contributed by atoms with Crippen LogP contribution in [0.5, 0.6) is 5.75 Å². The van der Waals surface area contributed by atoms with E-state index in [4.69, 9.17) is 10.00 Å². The Morgan fingerprint density at radius 1 is 1.00 bits per heavy atom. The second kappa shape index (κ2) is 10.7. The molecule has 8 nitrogen and oxygen atoms in total. The fraction of sp³-hybridized carbons (Fsp3) is 0.276. The minimum atomic E-state index is 0.0531. The number of carbonyl (C=O) groups excluding carboxylic acids is 1. The van der Waals surface area contributed by atoms with E-state index >= 15 is 0 Å². The molecule has 190 valence electrons. The summed E-state index contributed by atoms with van der Waals surface area (Å²) in [5, 5.41) is 22.0. The molecule has 2 unspecified atom stereocenters. The SMILES string of the molecule is N#Cc1cccc(OC2CC3CCC(C2)N3C(=O)c2ccc(CSc3nnnn3-c3ccccc3)cc2)c1. The van der Waals surface area contributed by atoms with E-state index in [1.807, 2.05) is 66.7 Å². The average Bonchev–Trinajstić information content (AvgIpc) is 3.54. The zero-order valence-corrected chi connectivity index (χ0v) is 21.5. The summed E-state index contributed by atoms with van der Waals surface area (Å²) >= 11 is 1.56. The summed E-state index contributed by atoms with van der Waals surface area (Å²) in [6.45, 7) is 0. The third-order valence-electron chi connectivity index (χ3n) is 7.20. The van der Waals surface area contributed by atoms with E-state index in [9.17, 15) is 4.79 Å². The van der Waals surface area contributed by atoms with Crippen molar-refractivity contribution in [1.29, 1.82) is 5.26 Å². The van der Waals surface area contributed by atoms with E-state index in [0.717, 1.165) is 47.8 Å². The van der Waals surface area contributed by atoms with Crippen molar-refractivity contribution in [2.75, 3.05) is 0 Å². The number of fused-ring (bicyclic) bond motifs is 2. The number of thioether (sulfide) groups is 1. The Hall–Kier alpha value is -4.16. The number of piperidine rings is 1. The van der Waals surface area contributed by atoms with Crippen molar-refractivity contribution in [2.45, 2.75) is 54.8 Å². The molecule has 0 saturated carbocycles. The second-order valence-corrected chi connectivity index (χ2v) is 10.6. The van der Waals surface area contributed by atoms with Gasteiger partial charge in [-0.2, -0.15) is 9.94 Å². The van der Waals surface area contributed by atoms with E-state index in [-0.39, 0.29) is 24.1 Å². The molecule has 1 aromatic heterocycles. The summed E-state index contributed by atoms with van der Waals surface area (Å²) in [5.74, 6) is 1.51. The first-order valence-corrected chi connectivity index (χ1v) is 13.7. The predicted molar refractivity (Wildman–Crippen MR) is 143 cm³/mol. The van der Waals surface area contributed by atoms with Gasteiger partial charge in [0.15, 0.2) is 0 Å². The fourth-order valence-electron chi connectivity index (χ4n) is 5.43. The maximum absolute atomic E-state index is 13.5. The van der Waals surface area contributed by atoms with E-state index in [1.165, 1.54) is 0 Å². The molecule has 3 heterocycles. The number of nitrogens with zero attached hydrogens (tertiary/aromatic N) is 6. The maximum atomic E-state index is 13.5. The van der Waals surface area contributed by atoms with Gasteiger partial charge in [-0.15, -0.1) is 5.10 Å². The van der Waals surface area contributed by atoms with Crippen molar-refractivity contribution >= 4 is 17.7 Å². The number of ether oxygens (including phenoxy) is 1. The van der Waals surface area contributed by atoms with Crippen LogP contribution in [0.15, 0.2) is 84.0 Å². The molecular formula is C29H26N6O2S. The van der Waals surface area contributed by atoms with Gasteiger partial charge in [0.25, 0.3) is 5.91 Å². The second-order valence-electron chi connectivity index (χ2n) is 9.64. The van der Waals surface area contributed by atoms with Crippen LogP contribution >= 0.6 is 11.8 Å². The molecule has 4 aromatic rings. The number of carbonyl (C=O) groups is 1. The standard InChI is InChI=1S/C29H26N6O2S/c30-18-21-5-4-8-26(15-21)37-27-16-24-13-14-25(17-27)34(24)28(36)22-11-9-20(10-12-22)19-38-29-31-32-33-35(29)23-6-2-1-3-7-23/h1-12,15,24-25,27H,13-14,16-17,19H2. The smallest absolute Gasteiger partial charge is 0.254 e. The molecule has 2 aliphatic heterocycles. The molecule has 3 aromatic carbocycles. The van der Waals surface area contributed by atoms with Crippen molar-refractivity contribution < 1.29 is 9.53 Å². The monoisotopic (exact) mass is 522 g/mol. The first-order chi connectivity index (χ1) is 18.7. The van der Waals surface area contributed by atoms with E-state index in [0.29, 0.717) is 16.9 Å². The molecule has 0 radical (unpaired) electrons. The molecule has 2 saturated heterocycles. The summed E-state index contributed by atoms with van der Waals surface area (Å²) in [4.78, 5) is 15.6. The lowest BCUT2D eigenvalue weighted by molar-refractivity contribution is 0.0359. The molecule has 6 rings (SSSR count). The third kappa shape index (κ3) is 5.00. The molecule has 0 spiro atoms. The number of hydrogen-bond donors (Lipinski definition) is 0. The molecule has 2 fully saturated rings. The van der Waals surface area contributed by atoms with Gasteiger partial charge in [0.2, 0.25) is 5.16 Å². The Labute approximate surface area is 225 Å². The molecule has 0 aliphatic carbocycles. The first-order valence-electron chi connectivity index (χ1n) is 12.7. The van der Waals surface area contributed by atoms with Gasteiger partial charge in [-0.1, -0.05) is 48.2 Å². The minimum absolute atomic E-state index is 0.0531. The summed E-state index contributed by atoms with van der Waals surface area (Å²) in [6.07, 6.45) is 3.67. The number of aromatic nitrogens is 4. The predicted octanol–water partition coefficient (Wildman–Crippen LogP) is 5.04. The van der Waals surface area contributed by atoms with Crippen molar-refractivity contribution in [3.63, 3.8) is 0 Å². The molecule has 2 aliphatic rings. The highest BCUT2D eigenvalue weighted by Gasteiger charge is 2.44. The normalized spacial score (nSPS) is 20.2. The molecule has 2 bridgehead atoms. The van der Waals surface area contributed by atoms with Crippen LogP contribution in [0.4, 0.5) is 0 Å². The molecule has 38 heavy (non-hydrogen) atoms. The zero-order valence-electron chi connectivity index (χ0n) is 20.7. The fourth-order valence-corrected chi connectivity index (χ4v) is 6.27. The summed E-state index contributed by atoms with van der Waals surface area (Å²) in [7, 11) is 0. The van der Waals surface area contributed by atoms with Crippen LogP contribution in [-0.4, -0.2) is 49.2 Å². The Morgan fingerprint density at radius 3 is 2.50 bits per heavy atom. The third-order valence-corrected chi connectivity index (χ3v) is 8.19. The highest BCUT2D eigenvalue weighted by Crippen LogP contribution is 2.38. The maximum Gasteiger partial charge on any atom is 0.254 e. The molecule has 0 N–H and O–H groups in total. The quantitative estimate of drug-likeness (QED) is 0.314. The lowest BCUT2D eigenvalue weighted by Crippen LogP contribution is -2.49. The number of tetrazole rings is 1. The first kappa shape index (κ1) is 24.2. The number of amides is 1. The minimum Gasteiger partial charge on any atom is -0.490 e. The van der Waals surface area contributed by atoms with Gasteiger partial charge < -0.3 is 9.64 Å². The van der Waals surface area contributed by atoms with Gasteiger partial charge in [-0.05, 0) is 71.3 Å². The van der Waals surface area contributed by atoms with Crippen LogP contribution in [-0.2, 0) is 5.75 Å². The number of para-hydroxylation sites is 1. The Kier molecular flexibility index (Phi) is 6.80. The van der Waals surface area contributed by atoms with Crippen molar-refractivity contribution in [3.8, 4) is 17.5 Å². The highest BCUT2D eigenvalue weighted by molar-refractivity contribution is 7.98.